The number of carbonyl (C=O) groups excluding carboxylic acids is 3. The summed E-state index contributed by atoms with van der Waals surface area (Å²) in [5, 5.41) is 15.2. The third-order valence-electron chi connectivity index (χ3n) is 3.35. The first-order valence-electron chi connectivity index (χ1n) is 7.70. The molecule has 134 valence electrons. The number of rotatable bonds is 7. The lowest BCUT2D eigenvalue weighted by atomic mass is 10.1. The number of aliphatic carboxylic acids is 1. The molecule has 0 fully saturated rings. The fourth-order valence-corrected chi connectivity index (χ4v) is 2.06. The van der Waals surface area contributed by atoms with Crippen LogP contribution in [0.1, 0.15) is 15.9 Å². The first-order chi connectivity index (χ1) is 12.5. The lowest BCUT2D eigenvalue weighted by molar-refractivity contribution is -0.303. The highest BCUT2D eigenvalue weighted by molar-refractivity contribution is 6.05. The molecule has 2 rings (SSSR count). The van der Waals surface area contributed by atoms with Crippen molar-refractivity contribution < 1.29 is 24.2 Å². The van der Waals surface area contributed by atoms with Gasteiger partial charge in [0.2, 0.25) is 0 Å². The summed E-state index contributed by atoms with van der Waals surface area (Å²) < 4.78 is 5.07. The van der Waals surface area contributed by atoms with Gasteiger partial charge in [0.15, 0.2) is 0 Å². The summed E-state index contributed by atoms with van der Waals surface area (Å²) in [7, 11) is 1.53. The minimum atomic E-state index is -1.43. The maximum atomic E-state index is 12.3. The van der Waals surface area contributed by atoms with Crippen LogP contribution in [0.3, 0.4) is 0 Å². The Hall–Kier alpha value is -3.61. The monoisotopic (exact) mass is 353 g/mol. The number of amides is 2. The molecular weight excluding hydrogens is 336 g/mol. The Labute approximate surface area is 150 Å². The van der Waals surface area contributed by atoms with Crippen LogP contribution in [0.2, 0.25) is 0 Å². The molecule has 7 nitrogen and oxygen atoms in total. The lowest BCUT2D eigenvalue weighted by Crippen LogP contribution is -2.41. The Morgan fingerprint density at radius 1 is 1.04 bits per heavy atom. The zero-order chi connectivity index (χ0) is 18.9. The van der Waals surface area contributed by atoms with Crippen molar-refractivity contribution in [1.82, 2.24) is 10.6 Å². The number of hydrogen-bond acceptors (Lipinski definition) is 5. The van der Waals surface area contributed by atoms with E-state index in [1.54, 1.807) is 54.6 Å². The van der Waals surface area contributed by atoms with Gasteiger partial charge in [-0.05, 0) is 35.9 Å². The molecule has 0 aromatic heterocycles. The Balaban J connectivity index is 2.25. The van der Waals surface area contributed by atoms with Crippen molar-refractivity contribution in [1.29, 1.82) is 0 Å². The van der Waals surface area contributed by atoms with Gasteiger partial charge >= 0.3 is 0 Å². The first kappa shape index (κ1) is 18.7. The molecule has 0 saturated heterocycles. The Morgan fingerprint density at radius 2 is 1.69 bits per heavy atom. The lowest BCUT2D eigenvalue weighted by Gasteiger charge is -2.11. The van der Waals surface area contributed by atoms with Crippen LogP contribution in [0.25, 0.3) is 6.08 Å². The van der Waals surface area contributed by atoms with Crippen molar-refractivity contribution in [2.24, 2.45) is 0 Å². The second kappa shape index (κ2) is 9.03. The van der Waals surface area contributed by atoms with Gasteiger partial charge in [-0.15, -0.1) is 0 Å². The van der Waals surface area contributed by atoms with Crippen LogP contribution in [0.4, 0.5) is 0 Å². The minimum absolute atomic E-state index is 0.0923. The number of carbonyl (C=O) groups is 3. The van der Waals surface area contributed by atoms with Crippen molar-refractivity contribution in [3.63, 3.8) is 0 Å². The van der Waals surface area contributed by atoms with Crippen LogP contribution in [0, 0.1) is 0 Å². The third kappa shape index (κ3) is 5.48. The van der Waals surface area contributed by atoms with E-state index < -0.39 is 24.3 Å². The van der Waals surface area contributed by atoms with Crippen molar-refractivity contribution in [2.75, 3.05) is 13.7 Å². The molecule has 0 aliphatic heterocycles. The molecular formula is C19H17N2O5-. The molecule has 2 amide bonds. The summed E-state index contributed by atoms with van der Waals surface area (Å²) in [6, 6.07) is 15.1. The van der Waals surface area contributed by atoms with E-state index in [1.807, 2.05) is 0 Å². The molecule has 0 radical (unpaired) electrons. The molecule has 0 saturated carbocycles. The molecule has 0 aliphatic carbocycles. The molecule has 0 unspecified atom stereocenters. The number of ether oxygens (including phenoxy) is 1. The van der Waals surface area contributed by atoms with E-state index in [9.17, 15) is 19.5 Å². The summed E-state index contributed by atoms with van der Waals surface area (Å²) >= 11 is 0. The number of benzene rings is 2. The normalized spacial score (nSPS) is 10.7. The molecule has 0 spiro atoms. The van der Waals surface area contributed by atoms with E-state index in [1.165, 1.54) is 13.2 Å². The Kier molecular flexibility index (Phi) is 6.50. The number of carboxylic acids is 1. The highest BCUT2D eigenvalue weighted by Crippen LogP contribution is 2.14. The summed E-state index contributed by atoms with van der Waals surface area (Å²) in [6.45, 7) is -0.667. The average Bonchev–Trinajstić information content (AvgIpc) is 2.66. The molecule has 7 heteroatoms. The smallest absolute Gasteiger partial charge is 0.268 e. The average molecular weight is 353 g/mol. The molecule has 0 heterocycles. The van der Waals surface area contributed by atoms with E-state index in [-0.39, 0.29) is 5.70 Å². The molecule has 2 aromatic carbocycles. The van der Waals surface area contributed by atoms with Gasteiger partial charge in [-0.25, -0.2) is 0 Å². The largest absolute Gasteiger partial charge is 0.548 e. The van der Waals surface area contributed by atoms with E-state index >= 15 is 0 Å². The minimum Gasteiger partial charge on any atom is -0.548 e. The molecule has 0 bridgehead atoms. The number of nitrogens with one attached hydrogen (secondary N) is 2. The number of methoxy groups -OCH3 is 1. The maximum Gasteiger partial charge on any atom is 0.268 e. The van der Waals surface area contributed by atoms with E-state index in [2.05, 4.69) is 10.6 Å². The van der Waals surface area contributed by atoms with Crippen LogP contribution in [0.5, 0.6) is 5.75 Å². The van der Waals surface area contributed by atoms with Crippen molar-refractivity contribution in [3.05, 3.63) is 71.4 Å². The van der Waals surface area contributed by atoms with Gasteiger partial charge in [0.1, 0.15) is 11.4 Å². The van der Waals surface area contributed by atoms with Gasteiger partial charge in [0.25, 0.3) is 11.8 Å². The predicted octanol–water partition coefficient (Wildman–Crippen LogP) is 0.332. The third-order valence-corrected chi connectivity index (χ3v) is 3.35. The highest BCUT2D eigenvalue weighted by Gasteiger charge is 2.14. The molecule has 2 aromatic rings. The van der Waals surface area contributed by atoms with Gasteiger partial charge in [-0.1, -0.05) is 30.3 Å². The topological polar surface area (TPSA) is 108 Å². The van der Waals surface area contributed by atoms with Crippen LogP contribution >= 0.6 is 0 Å². The Bertz CT molecular complexity index is 814. The van der Waals surface area contributed by atoms with Crippen molar-refractivity contribution in [3.8, 4) is 5.75 Å². The zero-order valence-electron chi connectivity index (χ0n) is 14.0. The van der Waals surface area contributed by atoms with Gasteiger partial charge in [0.05, 0.1) is 19.6 Å². The van der Waals surface area contributed by atoms with Crippen molar-refractivity contribution in [2.45, 2.75) is 0 Å². The van der Waals surface area contributed by atoms with Crippen molar-refractivity contribution >= 4 is 23.9 Å². The van der Waals surface area contributed by atoms with Crippen LogP contribution in [-0.2, 0) is 9.59 Å². The summed E-state index contributed by atoms with van der Waals surface area (Å²) in [5.74, 6) is -2.03. The first-order valence-corrected chi connectivity index (χ1v) is 7.70. The molecule has 2 N–H and O–H groups in total. The van der Waals surface area contributed by atoms with E-state index in [0.29, 0.717) is 16.9 Å². The fraction of sp³-hybridized carbons (Fsp3) is 0.105. The molecule has 0 atom stereocenters. The standard InChI is InChI=1S/C19H18N2O5/c1-26-15-9-7-13(8-10-15)11-16(19(25)20-12-17(22)23)21-18(24)14-5-3-2-4-6-14/h2-11H,12H2,1H3,(H,20,25)(H,21,24)(H,22,23)/p-1/b16-11+. The summed E-state index contributed by atoms with van der Waals surface area (Å²) in [4.78, 5) is 35.1. The summed E-state index contributed by atoms with van der Waals surface area (Å²) in [6.07, 6.45) is 1.44. The fourth-order valence-electron chi connectivity index (χ4n) is 2.06. The second-order valence-electron chi connectivity index (χ2n) is 5.21. The highest BCUT2D eigenvalue weighted by atomic mass is 16.5. The number of carboxylic acid groups (broad SMARTS) is 1. The summed E-state index contributed by atoms with van der Waals surface area (Å²) in [5.41, 5.74) is 0.892. The van der Waals surface area contributed by atoms with Gasteiger partial charge in [-0.2, -0.15) is 0 Å². The quantitative estimate of drug-likeness (QED) is 0.698. The Morgan fingerprint density at radius 3 is 2.27 bits per heavy atom. The van der Waals surface area contributed by atoms with E-state index in [4.69, 9.17) is 4.74 Å². The van der Waals surface area contributed by atoms with Crippen LogP contribution in [-0.4, -0.2) is 31.4 Å². The second-order valence-corrected chi connectivity index (χ2v) is 5.21. The van der Waals surface area contributed by atoms with Crippen LogP contribution < -0.4 is 20.5 Å². The van der Waals surface area contributed by atoms with Gasteiger partial charge < -0.3 is 25.3 Å². The SMILES string of the molecule is COc1ccc(/C=C(/NC(=O)c2ccccc2)C(=O)NCC(=O)[O-])cc1. The van der Waals surface area contributed by atoms with Gasteiger partial charge in [-0.3, -0.25) is 9.59 Å². The predicted molar refractivity (Wildman–Crippen MR) is 92.9 cm³/mol. The van der Waals surface area contributed by atoms with Crippen LogP contribution in [0.15, 0.2) is 60.3 Å². The number of hydrogen-bond donors (Lipinski definition) is 2. The molecule has 26 heavy (non-hydrogen) atoms. The maximum absolute atomic E-state index is 12.3. The van der Waals surface area contributed by atoms with Gasteiger partial charge in [0, 0.05) is 5.56 Å². The van der Waals surface area contributed by atoms with E-state index in [0.717, 1.165) is 0 Å². The zero-order valence-corrected chi connectivity index (χ0v) is 14.0. The molecule has 0 aliphatic rings.